The van der Waals surface area contributed by atoms with Crippen molar-refractivity contribution >= 4 is 11.8 Å². The van der Waals surface area contributed by atoms with Crippen molar-refractivity contribution in [1.82, 2.24) is 9.97 Å². The Kier molecular flexibility index (Phi) is 2.89. The predicted octanol–water partition coefficient (Wildman–Crippen LogP) is 0.420. The van der Waals surface area contributed by atoms with Crippen molar-refractivity contribution in [3.05, 3.63) is 16.4 Å². The summed E-state index contributed by atoms with van der Waals surface area (Å²) in [6.45, 7) is 4.92. The van der Waals surface area contributed by atoms with Crippen LogP contribution in [-0.4, -0.2) is 16.5 Å². The van der Waals surface area contributed by atoms with Crippen LogP contribution >= 0.6 is 0 Å². The van der Waals surface area contributed by atoms with E-state index in [1.165, 1.54) is 6.07 Å². The highest BCUT2D eigenvalue weighted by atomic mass is 16.1. The molecule has 1 heterocycles. The summed E-state index contributed by atoms with van der Waals surface area (Å²) in [5.74, 6) is 1.16. The van der Waals surface area contributed by atoms with E-state index < -0.39 is 0 Å². The summed E-state index contributed by atoms with van der Waals surface area (Å²) in [6.07, 6.45) is 0. The first-order valence-corrected chi connectivity index (χ1v) is 4.18. The lowest BCUT2D eigenvalue weighted by atomic mass is 10.2. The first-order chi connectivity index (χ1) is 6.08. The Labute approximate surface area is 76.4 Å². The van der Waals surface area contributed by atoms with E-state index in [4.69, 9.17) is 5.73 Å². The number of nitrogens with two attached hydrogens (primary N) is 1. The van der Waals surface area contributed by atoms with Gasteiger partial charge in [0.05, 0.1) is 0 Å². The lowest BCUT2D eigenvalue weighted by Gasteiger charge is -2.07. The normalized spacial score (nSPS) is 10.4. The molecule has 4 N–H and O–H groups in total. The zero-order valence-corrected chi connectivity index (χ0v) is 7.79. The van der Waals surface area contributed by atoms with Gasteiger partial charge in [0.25, 0.3) is 5.56 Å². The summed E-state index contributed by atoms with van der Waals surface area (Å²) in [6, 6.07) is 1.39. The fourth-order valence-corrected chi connectivity index (χ4v) is 0.876. The minimum atomic E-state index is -0.237. The second kappa shape index (κ2) is 3.93. The van der Waals surface area contributed by atoms with Gasteiger partial charge in [-0.1, -0.05) is 13.8 Å². The SMILES string of the molecule is CC(C)CNc1cc(=O)[nH]c(N)n1. The molecule has 0 saturated carbocycles. The molecule has 0 unspecified atom stereocenters. The van der Waals surface area contributed by atoms with Crippen LogP contribution in [0.4, 0.5) is 11.8 Å². The van der Waals surface area contributed by atoms with Crippen LogP contribution in [-0.2, 0) is 0 Å². The maximum Gasteiger partial charge on any atom is 0.254 e. The maximum atomic E-state index is 10.9. The van der Waals surface area contributed by atoms with E-state index in [9.17, 15) is 4.79 Å². The Balaban J connectivity index is 2.72. The smallest absolute Gasteiger partial charge is 0.254 e. The molecule has 0 aliphatic heterocycles. The van der Waals surface area contributed by atoms with Crippen molar-refractivity contribution in [2.45, 2.75) is 13.8 Å². The van der Waals surface area contributed by atoms with Crippen molar-refractivity contribution in [3.63, 3.8) is 0 Å². The van der Waals surface area contributed by atoms with Gasteiger partial charge in [0, 0.05) is 12.6 Å². The van der Waals surface area contributed by atoms with E-state index in [-0.39, 0.29) is 11.5 Å². The molecular weight excluding hydrogens is 168 g/mol. The number of hydrogen-bond donors (Lipinski definition) is 3. The number of nitrogens with zero attached hydrogens (tertiary/aromatic N) is 1. The fourth-order valence-electron chi connectivity index (χ4n) is 0.876. The van der Waals surface area contributed by atoms with Gasteiger partial charge in [-0.3, -0.25) is 9.78 Å². The number of nitrogen functional groups attached to an aromatic ring is 1. The highest BCUT2D eigenvalue weighted by Crippen LogP contribution is 2.01. The van der Waals surface area contributed by atoms with Gasteiger partial charge in [-0.2, -0.15) is 4.98 Å². The van der Waals surface area contributed by atoms with Gasteiger partial charge in [-0.15, -0.1) is 0 Å². The second-order valence-electron chi connectivity index (χ2n) is 3.29. The Hall–Kier alpha value is -1.52. The highest BCUT2D eigenvalue weighted by molar-refractivity contribution is 5.37. The van der Waals surface area contributed by atoms with Gasteiger partial charge < -0.3 is 11.1 Å². The zero-order chi connectivity index (χ0) is 9.84. The number of nitrogens with one attached hydrogen (secondary N) is 2. The monoisotopic (exact) mass is 182 g/mol. The van der Waals surface area contributed by atoms with Crippen LogP contribution in [0, 0.1) is 5.92 Å². The lowest BCUT2D eigenvalue weighted by Crippen LogP contribution is -2.15. The molecule has 5 heteroatoms. The number of H-pyrrole nitrogens is 1. The molecule has 0 fully saturated rings. The van der Waals surface area contributed by atoms with E-state index in [0.29, 0.717) is 11.7 Å². The van der Waals surface area contributed by atoms with Crippen LogP contribution < -0.4 is 16.6 Å². The van der Waals surface area contributed by atoms with Crippen LogP contribution in [0.2, 0.25) is 0 Å². The summed E-state index contributed by atoms with van der Waals surface area (Å²) in [5, 5.41) is 3.01. The van der Waals surface area contributed by atoms with Gasteiger partial charge in [0.1, 0.15) is 5.82 Å². The number of rotatable bonds is 3. The molecule has 5 nitrogen and oxygen atoms in total. The number of aromatic nitrogens is 2. The third-order valence-electron chi connectivity index (χ3n) is 1.45. The molecule has 0 radical (unpaired) electrons. The summed E-state index contributed by atoms with van der Waals surface area (Å²) < 4.78 is 0. The zero-order valence-electron chi connectivity index (χ0n) is 7.79. The average Bonchev–Trinajstić information content (AvgIpc) is 1.99. The van der Waals surface area contributed by atoms with Crippen molar-refractivity contribution in [1.29, 1.82) is 0 Å². The van der Waals surface area contributed by atoms with E-state index in [1.54, 1.807) is 0 Å². The van der Waals surface area contributed by atoms with E-state index >= 15 is 0 Å². The lowest BCUT2D eigenvalue weighted by molar-refractivity contribution is 0.687. The summed E-state index contributed by atoms with van der Waals surface area (Å²) >= 11 is 0. The Morgan fingerprint density at radius 2 is 2.38 bits per heavy atom. The Bertz CT molecular complexity index is 331. The van der Waals surface area contributed by atoms with E-state index in [1.807, 2.05) is 0 Å². The van der Waals surface area contributed by atoms with Crippen LogP contribution in [0.1, 0.15) is 13.8 Å². The van der Waals surface area contributed by atoms with Gasteiger partial charge in [0.2, 0.25) is 5.95 Å². The molecule has 0 bridgehead atoms. The largest absolute Gasteiger partial charge is 0.370 e. The Morgan fingerprint density at radius 1 is 1.69 bits per heavy atom. The molecule has 0 atom stereocenters. The molecule has 0 amide bonds. The summed E-state index contributed by atoms with van der Waals surface area (Å²) in [7, 11) is 0. The standard InChI is InChI=1S/C8H14N4O/c1-5(2)4-10-6-3-7(13)12-8(9)11-6/h3,5H,4H2,1-2H3,(H4,9,10,11,12,13). The molecule has 1 rings (SSSR count). The van der Waals surface area contributed by atoms with Crippen molar-refractivity contribution < 1.29 is 0 Å². The number of anilines is 2. The third kappa shape index (κ3) is 3.14. The first-order valence-electron chi connectivity index (χ1n) is 4.18. The molecule has 0 aromatic carbocycles. The summed E-state index contributed by atoms with van der Waals surface area (Å²) in [5.41, 5.74) is 5.12. The maximum absolute atomic E-state index is 10.9. The first kappa shape index (κ1) is 9.57. The molecule has 72 valence electrons. The topological polar surface area (TPSA) is 83.8 Å². The highest BCUT2D eigenvalue weighted by Gasteiger charge is 1.98. The van der Waals surface area contributed by atoms with E-state index in [0.717, 1.165) is 6.54 Å². The van der Waals surface area contributed by atoms with Crippen LogP contribution in [0.3, 0.4) is 0 Å². The minimum Gasteiger partial charge on any atom is -0.370 e. The molecule has 0 aliphatic carbocycles. The van der Waals surface area contributed by atoms with Gasteiger partial charge in [-0.05, 0) is 5.92 Å². The molecule has 0 saturated heterocycles. The fraction of sp³-hybridized carbons (Fsp3) is 0.500. The number of hydrogen-bond acceptors (Lipinski definition) is 4. The van der Waals surface area contributed by atoms with Crippen LogP contribution in [0.5, 0.6) is 0 Å². The van der Waals surface area contributed by atoms with Gasteiger partial charge >= 0.3 is 0 Å². The van der Waals surface area contributed by atoms with Crippen molar-refractivity contribution in [2.75, 3.05) is 17.6 Å². The molecular formula is C8H14N4O. The van der Waals surface area contributed by atoms with Crippen LogP contribution in [0.25, 0.3) is 0 Å². The molecule has 13 heavy (non-hydrogen) atoms. The minimum absolute atomic E-state index is 0.138. The predicted molar refractivity (Wildman–Crippen MR) is 52.6 cm³/mol. The van der Waals surface area contributed by atoms with Gasteiger partial charge in [-0.25, -0.2) is 0 Å². The van der Waals surface area contributed by atoms with Crippen molar-refractivity contribution in [2.24, 2.45) is 5.92 Å². The Morgan fingerprint density at radius 3 is 2.92 bits per heavy atom. The van der Waals surface area contributed by atoms with Gasteiger partial charge in [0.15, 0.2) is 0 Å². The van der Waals surface area contributed by atoms with Crippen LogP contribution in [0.15, 0.2) is 10.9 Å². The average molecular weight is 182 g/mol. The van der Waals surface area contributed by atoms with E-state index in [2.05, 4.69) is 29.1 Å². The molecule has 0 spiro atoms. The second-order valence-corrected chi connectivity index (χ2v) is 3.29. The quantitative estimate of drug-likeness (QED) is 0.632. The molecule has 1 aromatic rings. The molecule has 0 aliphatic rings. The number of aromatic amines is 1. The molecule has 1 aromatic heterocycles. The third-order valence-corrected chi connectivity index (χ3v) is 1.45. The summed E-state index contributed by atoms with van der Waals surface area (Å²) in [4.78, 5) is 17.2. The van der Waals surface area contributed by atoms with Crippen molar-refractivity contribution in [3.8, 4) is 0 Å².